The summed E-state index contributed by atoms with van der Waals surface area (Å²) in [6.07, 6.45) is 0.553. The highest BCUT2D eigenvalue weighted by molar-refractivity contribution is 7.85. The quantitative estimate of drug-likeness (QED) is 0.741. The summed E-state index contributed by atoms with van der Waals surface area (Å²) in [7, 11) is -4.64. The smallest absolute Gasteiger partial charge is 0.282 e. The minimum absolute atomic E-state index is 0.229. The fourth-order valence-corrected chi connectivity index (χ4v) is 2.34. The first-order valence-electron chi connectivity index (χ1n) is 4.24. The molecule has 0 aliphatic carbocycles. The number of nitrogens with zero attached hydrogens (tertiary/aromatic N) is 2. The second kappa shape index (κ2) is 2.99. The van der Waals surface area contributed by atoms with E-state index in [4.69, 9.17) is 4.55 Å². The summed E-state index contributed by atoms with van der Waals surface area (Å²) in [4.78, 5) is -0.799. The molecule has 0 fully saturated rings. The number of rotatable bonds is 1. The van der Waals surface area contributed by atoms with Gasteiger partial charge >= 0.3 is 0 Å². The Morgan fingerprint density at radius 3 is 2.80 bits per heavy atom. The molecule has 0 spiro atoms. The van der Waals surface area contributed by atoms with Gasteiger partial charge in [0.1, 0.15) is 10.6 Å². The molecule has 1 N–H and O–H groups in total. The molecule has 84 valence electrons. The van der Waals surface area contributed by atoms with E-state index in [1.807, 2.05) is 0 Å². The Labute approximate surface area is 84.5 Å². The molecule has 0 unspecified atom stereocenters. The van der Waals surface area contributed by atoms with Crippen LogP contribution in [0.4, 0.5) is 8.78 Å². The maximum Gasteiger partial charge on any atom is 0.298 e. The number of halogens is 2. The summed E-state index contributed by atoms with van der Waals surface area (Å²) in [6.45, 7) is 0.237. The molecule has 2 heterocycles. The van der Waals surface area contributed by atoms with Crippen molar-refractivity contribution in [2.75, 3.05) is 0 Å². The second-order valence-corrected chi connectivity index (χ2v) is 4.75. The fourth-order valence-electron chi connectivity index (χ4n) is 1.66. The summed E-state index contributed by atoms with van der Waals surface area (Å²) in [5.41, 5.74) is -0.712. The van der Waals surface area contributed by atoms with E-state index in [1.165, 1.54) is 0 Å². The van der Waals surface area contributed by atoms with Gasteiger partial charge in [-0.25, -0.2) is 0 Å². The lowest BCUT2D eigenvalue weighted by Gasteiger charge is -2.23. The van der Waals surface area contributed by atoms with E-state index in [0.29, 0.717) is 0 Å². The number of hydrogen-bond acceptors (Lipinski definition) is 3. The van der Waals surface area contributed by atoms with Gasteiger partial charge < -0.3 is 0 Å². The zero-order valence-electron chi connectivity index (χ0n) is 7.52. The Kier molecular flexibility index (Phi) is 2.09. The highest BCUT2D eigenvalue weighted by Crippen LogP contribution is 2.39. The van der Waals surface area contributed by atoms with Crippen LogP contribution in [-0.4, -0.2) is 22.8 Å². The van der Waals surface area contributed by atoms with Gasteiger partial charge in [-0.2, -0.15) is 22.3 Å². The zero-order chi connectivity index (χ0) is 11.3. The summed E-state index contributed by atoms with van der Waals surface area (Å²) >= 11 is 0. The molecule has 0 atom stereocenters. The lowest BCUT2D eigenvalue weighted by molar-refractivity contribution is -0.0395. The molecule has 2 rings (SSSR count). The van der Waals surface area contributed by atoms with Gasteiger partial charge in [-0.1, -0.05) is 0 Å². The highest BCUT2D eigenvalue weighted by Gasteiger charge is 2.43. The molecule has 0 saturated heterocycles. The maximum absolute atomic E-state index is 13.4. The van der Waals surface area contributed by atoms with Gasteiger partial charge in [0.2, 0.25) is 0 Å². The molecule has 0 bridgehead atoms. The van der Waals surface area contributed by atoms with Gasteiger partial charge in [0.15, 0.2) is 0 Å². The lowest BCUT2D eigenvalue weighted by Crippen LogP contribution is -2.27. The molecule has 1 aromatic heterocycles. The van der Waals surface area contributed by atoms with Gasteiger partial charge in [-0.15, -0.1) is 0 Å². The average Bonchev–Trinajstić information content (AvgIpc) is 2.46. The van der Waals surface area contributed by atoms with E-state index in [-0.39, 0.29) is 13.0 Å². The minimum Gasteiger partial charge on any atom is -0.282 e. The topological polar surface area (TPSA) is 72.2 Å². The van der Waals surface area contributed by atoms with Crippen LogP contribution in [0.25, 0.3) is 0 Å². The van der Waals surface area contributed by atoms with Crippen LogP contribution in [-0.2, 0) is 22.6 Å². The predicted octanol–water partition coefficient (Wildman–Crippen LogP) is 1.02. The third kappa shape index (κ3) is 1.63. The van der Waals surface area contributed by atoms with Crippen molar-refractivity contribution in [1.82, 2.24) is 9.78 Å². The first kappa shape index (κ1) is 10.5. The number of aromatic nitrogens is 2. The molecule has 0 amide bonds. The van der Waals surface area contributed by atoms with Crippen LogP contribution in [0.2, 0.25) is 0 Å². The first-order chi connectivity index (χ1) is 6.82. The summed E-state index contributed by atoms with van der Waals surface area (Å²) in [6, 6.07) is 0. The normalized spacial score (nSPS) is 19.9. The standard InChI is InChI=1S/C7H8F2N2O3S/c8-7(9)2-1-3-11-6(7)5(4-10-11)15(12,13)14/h4H,1-3H2,(H,12,13,14). The average molecular weight is 238 g/mol. The van der Waals surface area contributed by atoms with Crippen LogP contribution in [0, 0.1) is 0 Å². The molecule has 1 aliphatic heterocycles. The lowest BCUT2D eigenvalue weighted by atomic mass is 10.1. The molecule has 0 saturated carbocycles. The van der Waals surface area contributed by atoms with E-state index in [2.05, 4.69) is 5.10 Å². The predicted molar refractivity (Wildman–Crippen MR) is 45.2 cm³/mol. The highest BCUT2D eigenvalue weighted by atomic mass is 32.2. The van der Waals surface area contributed by atoms with E-state index >= 15 is 0 Å². The maximum atomic E-state index is 13.4. The first-order valence-corrected chi connectivity index (χ1v) is 5.68. The Morgan fingerprint density at radius 1 is 1.53 bits per heavy atom. The third-order valence-corrected chi connectivity index (χ3v) is 3.15. The Balaban J connectivity index is 2.68. The van der Waals surface area contributed by atoms with Crippen LogP contribution in [0.15, 0.2) is 11.1 Å². The van der Waals surface area contributed by atoms with E-state index in [0.717, 1.165) is 10.9 Å². The number of alkyl halides is 2. The molecule has 8 heteroatoms. The van der Waals surface area contributed by atoms with Gasteiger partial charge in [0, 0.05) is 13.0 Å². The van der Waals surface area contributed by atoms with Crippen molar-refractivity contribution in [3.8, 4) is 0 Å². The van der Waals surface area contributed by atoms with Gasteiger partial charge in [0.05, 0.1) is 6.20 Å². The monoisotopic (exact) mass is 238 g/mol. The van der Waals surface area contributed by atoms with Crippen molar-refractivity contribution in [1.29, 1.82) is 0 Å². The van der Waals surface area contributed by atoms with E-state index in [1.54, 1.807) is 0 Å². The number of hydrogen-bond donors (Lipinski definition) is 1. The van der Waals surface area contributed by atoms with Gasteiger partial charge in [-0.3, -0.25) is 9.23 Å². The molecule has 15 heavy (non-hydrogen) atoms. The summed E-state index contributed by atoms with van der Waals surface area (Å²) < 4.78 is 58.1. The molecule has 5 nitrogen and oxygen atoms in total. The van der Waals surface area contributed by atoms with Crippen LogP contribution >= 0.6 is 0 Å². The Hall–Kier alpha value is -1.02. The number of fused-ring (bicyclic) bond motifs is 1. The van der Waals surface area contributed by atoms with Crippen molar-refractivity contribution in [2.45, 2.75) is 30.2 Å². The third-order valence-electron chi connectivity index (χ3n) is 2.29. The Morgan fingerprint density at radius 2 is 2.20 bits per heavy atom. The van der Waals surface area contributed by atoms with Crippen LogP contribution < -0.4 is 0 Å². The van der Waals surface area contributed by atoms with E-state index in [9.17, 15) is 17.2 Å². The van der Waals surface area contributed by atoms with Crippen LogP contribution in [0.3, 0.4) is 0 Å². The molecular formula is C7H8F2N2O3S. The van der Waals surface area contributed by atoms with Crippen LogP contribution in [0.5, 0.6) is 0 Å². The second-order valence-electron chi connectivity index (χ2n) is 3.36. The molecule has 0 aromatic carbocycles. The van der Waals surface area contributed by atoms with E-state index < -0.39 is 33.1 Å². The van der Waals surface area contributed by atoms with Gasteiger partial charge in [0.25, 0.3) is 16.0 Å². The van der Waals surface area contributed by atoms with Crippen molar-refractivity contribution in [2.24, 2.45) is 0 Å². The number of aryl methyl sites for hydroxylation is 1. The minimum atomic E-state index is -4.64. The SMILES string of the molecule is O=S(=O)(O)c1cnn2c1C(F)(F)CCC2. The molecular weight excluding hydrogens is 230 g/mol. The molecule has 1 aromatic rings. The van der Waals surface area contributed by atoms with Crippen molar-refractivity contribution < 1.29 is 21.8 Å². The van der Waals surface area contributed by atoms with Crippen molar-refractivity contribution in [3.05, 3.63) is 11.9 Å². The summed E-state index contributed by atoms with van der Waals surface area (Å²) in [5.74, 6) is -3.25. The largest absolute Gasteiger partial charge is 0.298 e. The Bertz CT molecular complexity index is 494. The van der Waals surface area contributed by atoms with Gasteiger partial charge in [-0.05, 0) is 6.42 Å². The van der Waals surface area contributed by atoms with Crippen LogP contribution in [0.1, 0.15) is 18.5 Å². The fraction of sp³-hybridized carbons (Fsp3) is 0.571. The molecule has 0 radical (unpaired) electrons. The van der Waals surface area contributed by atoms with Crippen molar-refractivity contribution in [3.63, 3.8) is 0 Å². The summed E-state index contributed by atoms with van der Waals surface area (Å²) in [5, 5.41) is 3.52. The van der Waals surface area contributed by atoms with Crippen molar-refractivity contribution >= 4 is 10.1 Å². The zero-order valence-corrected chi connectivity index (χ0v) is 8.34. The molecule has 1 aliphatic rings.